The van der Waals surface area contributed by atoms with E-state index in [1.807, 2.05) is 0 Å². The molecule has 1 aliphatic rings. The fraction of sp³-hybridized carbons (Fsp3) is 0.938. The number of sulfonamides is 1. The standard InChI is InChI=1S/C16H34N4O2S.HI/c1-5-9-16(4)10-8-13-20(14-16)15(17-6-2)18-11-12-19-23(21,22)7-3;/h19H,5-14H2,1-4H3,(H,17,18);1H. The van der Waals surface area contributed by atoms with Crippen LogP contribution in [0.5, 0.6) is 0 Å². The molecule has 0 amide bonds. The fourth-order valence-corrected chi connectivity index (χ4v) is 3.80. The molecule has 1 rings (SSSR count). The number of nitrogens with zero attached hydrogens (tertiary/aromatic N) is 2. The Morgan fingerprint density at radius 2 is 2.00 bits per heavy atom. The minimum Gasteiger partial charge on any atom is -0.357 e. The zero-order chi connectivity index (χ0) is 17.3. The molecule has 1 aliphatic heterocycles. The van der Waals surface area contributed by atoms with E-state index in [1.54, 1.807) is 6.92 Å². The van der Waals surface area contributed by atoms with E-state index in [9.17, 15) is 8.42 Å². The molecule has 0 aromatic heterocycles. The molecule has 0 aliphatic carbocycles. The normalized spacial score (nSPS) is 22.2. The lowest BCUT2D eigenvalue weighted by molar-refractivity contribution is 0.142. The van der Waals surface area contributed by atoms with Crippen molar-refractivity contribution >= 4 is 40.0 Å². The molecular weight excluding hydrogens is 439 g/mol. The molecule has 0 spiro atoms. The second kappa shape index (κ2) is 11.5. The van der Waals surface area contributed by atoms with Crippen molar-refractivity contribution in [2.45, 2.75) is 53.4 Å². The molecule has 1 fully saturated rings. The highest BCUT2D eigenvalue weighted by molar-refractivity contribution is 14.0. The van der Waals surface area contributed by atoms with E-state index in [2.05, 4.69) is 40.7 Å². The van der Waals surface area contributed by atoms with Gasteiger partial charge in [-0.3, -0.25) is 4.99 Å². The van der Waals surface area contributed by atoms with Gasteiger partial charge in [0.2, 0.25) is 10.0 Å². The Bertz CT molecular complexity index is 480. The minimum atomic E-state index is -3.13. The van der Waals surface area contributed by atoms with E-state index in [0.29, 0.717) is 18.5 Å². The molecule has 1 heterocycles. The third-order valence-corrected chi connectivity index (χ3v) is 5.75. The number of piperidine rings is 1. The van der Waals surface area contributed by atoms with Crippen LogP contribution in [0.25, 0.3) is 0 Å². The quantitative estimate of drug-likeness (QED) is 0.245. The lowest BCUT2D eigenvalue weighted by Gasteiger charge is -2.42. The van der Waals surface area contributed by atoms with Crippen LogP contribution in [-0.4, -0.2) is 57.8 Å². The third-order valence-electron chi connectivity index (χ3n) is 4.34. The van der Waals surface area contributed by atoms with Gasteiger partial charge in [0.1, 0.15) is 0 Å². The number of hydrogen-bond donors (Lipinski definition) is 2. The third kappa shape index (κ3) is 8.33. The number of likely N-dealkylation sites (tertiary alicyclic amines) is 1. The van der Waals surface area contributed by atoms with Crippen molar-refractivity contribution in [3.63, 3.8) is 0 Å². The molecule has 0 saturated carbocycles. The summed E-state index contributed by atoms with van der Waals surface area (Å²) in [6.45, 7) is 12.0. The van der Waals surface area contributed by atoms with Gasteiger partial charge in [0.15, 0.2) is 5.96 Å². The Morgan fingerprint density at radius 3 is 2.58 bits per heavy atom. The Kier molecular flexibility index (Phi) is 11.5. The van der Waals surface area contributed by atoms with Crippen molar-refractivity contribution in [3.05, 3.63) is 0 Å². The van der Waals surface area contributed by atoms with Crippen molar-refractivity contribution in [3.8, 4) is 0 Å². The molecule has 144 valence electrons. The first kappa shape index (κ1) is 23.9. The molecule has 0 bridgehead atoms. The summed E-state index contributed by atoms with van der Waals surface area (Å²) in [7, 11) is -3.13. The average molecular weight is 474 g/mol. The number of aliphatic imine (C=N–C) groups is 1. The number of nitrogens with one attached hydrogen (secondary N) is 2. The summed E-state index contributed by atoms with van der Waals surface area (Å²) in [4.78, 5) is 6.94. The van der Waals surface area contributed by atoms with Crippen LogP contribution in [0, 0.1) is 5.41 Å². The van der Waals surface area contributed by atoms with Gasteiger partial charge in [-0.15, -0.1) is 24.0 Å². The van der Waals surface area contributed by atoms with Crippen molar-refractivity contribution in [2.24, 2.45) is 10.4 Å². The van der Waals surface area contributed by atoms with Gasteiger partial charge in [-0.25, -0.2) is 13.1 Å². The molecular formula is C16H35IN4O2S. The summed E-state index contributed by atoms with van der Waals surface area (Å²) in [6, 6.07) is 0. The van der Waals surface area contributed by atoms with E-state index in [0.717, 1.165) is 25.6 Å². The maximum absolute atomic E-state index is 11.4. The van der Waals surface area contributed by atoms with Gasteiger partial charge in [0.25, 0.3) is 0 Å². The maximum atomic E-state index is 11.4. The molecule has 1 atom stereocenters. The van der Waals surface area contributed by atoms with E-state index in [4.69, 9.17) is 0 Å². The van der Waals surface area contributed by atoms with Crippen LogP contribution in [0.4, 0.5) is 0 Å². The molecule has 0 aromatic rings. The van der Waals surface area contributed by atoms with Gasteiger partial charge in [0.05, 0.1) is 12.3 Å². The van der Waals surface area contributed by atoms with Gasteiger partial charge in [-0.05, 0) is 38.5 Å². The summed E-state index contributed by atoms with van der Waals surface area (Å²) in [5, 5.41) is 3.34. The van der Waals surface area contributed by atoms with E-state index in [-0.39, 0.29) is 29.7 Å². The van der Waals surface area contributed by atoms with Gasteiger partial charge in [-0.2, -0.15) is 0 Å². The second-order valence-electron chi connectivity index (χ2n) is 6.62. The highest BCUT2D eigenvalue weighted by Gasteiger charge is 2.31. The predicted molar refractivity (Wildman–Crippen MR) is 113 cm³/mol. The zero-order valence-electron chi connectivity index (χ0n) is 15.6. The monoisotopic (exact) mass is 474 g/mol. The number of rotatable bonds is 8. The molecule has 1 unspecified atom stereocenters. The van der Waals surface area contributed by atoms with E-state index < -0.39 is 10.0 Å². The lowest BCUT2D eigenvalue weighted by Crippen LogP contribution is -2.50. The Hall–Kier alpha value is -0.0900. The molecule has 6 nitrogen and oxygen atoms in total. The van der Waals surface area contributed by atoms with Gasteiger partial charge >= 0.3 is 0 Å². The first-order valence-electron chi connectivity index (χ1n) is 8.86. The Morgan fingerprint density at radius 1 is 1.29 bits per heavy atom. The minimum absolute atomic E-state index is 0. The van der Waals surface area contributed by atoms with Gasteiger partial charge < -0.3 is 10.2 Å². The smallest absolute Gasteiger partial charge is 0.211 e. The van der Waals surface area contributed by atoms with Crippen LogP contribution < -0.4 is 10.0 Å². The summed E-state index contributed by atoms with van der Waals surface area (Å²) < 4.78 is 25.5. The maximum Gasteiger partial charge on any atom is 0.211 e. The summed E-state index contributed by atoms with van der Waals surface area (Å²) in [5.41, 5.74) is 0.354. The van der Waals surface area contributed by atoms with Crippen LogP contribution in [0.3, 0.4) is 0 Å². The van der Waals surface area contributed by atoms with Crippen molar-refractivity contribution in [1.82, 2.24) is 14.9 Å². The summed E-state index contributed by atoms with van der Waals surface area (Å²) in [6.07, 6.45) is 4.90. The lowest BCUT2D eigenvalue weighted by atomic mass is 9.78. The zero-order valence-corrected chi connectivity index (χ0v) is 18.7. The molecule has 24 heavy (non-hydrogen) atoms. The molecule has 2 N–H and O–H groups in total. The van der Waals surface area contributed by atoms with Crippen LogP contribution in [0.2, 0.25) is 0 Å². The first-order valence-corrected chi connectivity index (χ1v) is 10.5. The number of halogens is 1. The summed E-state index contributed by atoms with van der Waals surface area (Å²) >= 11 is 0. The molecule has 0 aromatic carbocycles. The highest BCUT2D eigenvalue weighted by Crippen LogP contribution is 2.33. The highest BCUT2D eigenvalue weighted by atomic mass is 127. The first-order chi connectivity index (χ1) is 10.9. The SMILES string of the molecule is CCCC1(C)CCCN(C(=NCCNS(=O)(=O)CC)NCC)C1.I. The van der Waals surface area contributed by atoms with Crippen LogP contribution in [0.15, 0.2) is 4.99 Å². The summed E-state index contributed by atoms with van der Waals surface area (Å²) in [5.74, 6) is 1.02. The number of guanidine groups is 1. The van der Waals surface area contributed by atoms with E-state index in [1.165, 1.54) is 25.7 Å². The van der Waals surface area contributed by atoms with Crippen LogP contribution in [0.1, 0.15) is 53.4 Å². The number of hydrogen-bond acceptors (Lipinski definition) is 3. The Balaban J connectivity index is 0.00000529. The second-order valence-corrected chi connectivity index (χ2v) is 8.71. The average Bonchev–Trinajstić information content (AvgIpc) is 2.50. The van der Waals surface area contributed by atoms with E-state index >= 15 is 0 Å². The van der Waals surface area contributed by atoms with Crippen molar-refractivity contribution in [1.29, 1.82) is 0 Å². The van der Waals surface area contributed by atoms with Crippen molar-refractivity contribution < 1.29 is 8.42 Å². The van der Waals surface area contributed by atoms with Crippen molar-refractivity contribution in [2.75, 3.05) is 38.5 Å². The fourth-order valence-electron chi connectivity index (χ4n) is 3.19. The molecule has 0 radical (unpaired) electrons. The largest absolute Gasteiger partial charge is 0.357 e. The van der Waals surface area contributed by atoms with Crippen LogP contribution >= 0.6 is 24.0 Å². The van der Waals surface area contributed by atoms with Gasteiger partial charge in [0, 0.05) is 26.2 Å². The van der Waals surface area contributed by atoms with Gasteiger partial charge in [-0.1, -0.05) is 20.3 Å². The topological polar surface area (TPSA) is 73.8 Å². The Labute approximate surface area is 165 Å². The predicted octanol–water partition coefficient (Wildman–Crippen LogP) is 2.41. The molecule has 8 heteroatoms. The van der Waals surface area contributed by atoms with Crippen LogP contribution in [-0.2, 0) is 10.0 Å². The molecule has 1 saturated heterocycles.